The van der Waals surface area contributed by atoms with Crippen molar-refractivity contribution in [1.29, 1.82) is 0 Å². The van der Waals surface area contributed by atoms with Crippen LogP contribution in [0.3, 0.4) is 0 Å². The highest BCUT2D eigenvalue weighted by Gasteiger charge is 2.15. The number of benzene rings is 1. The standard InChI is InChI=1S/C14H10N6S/c15-12-11-9(10-7-17-20-21-10)6-16-14(11)19-13(18-12)8-4-2-1-3-5-8/h1-7H,(H3,15,16,18,19). The van der Waals surface area contributed by atoms with E-state index in [4.69, 9.17) is 5.73 Å². The fraction of sp³-hybridized carbons (Fsp3) is 0. The largest absolute Gasteiger partial charge is 0.383 e. The summed E-state index contributed by atoms with van der Waals surface area (Å²) in [7, 11) is 0. The van der Waals surface area contributed by atoms with Crippen LogP contribution < -0.4 is 5.73 Å². The summed E-state index contributed by atoms with van der Waals surface area (Å²) in [5.41, 5.74) is 8.71. The number of nitrogens with two attached hydrogens (primary N) is 1. The zero-order valence-electron chi connectivity index (χ0n) is 10.8. The highest BCUT2D eigenvalue weighted by Crippen LogP contribution is 2.33. The van der Waals surface area contributed by atoms with E-state index in [1.807, 2.05) is 36.5 Å². The molecule has 1 aromatic carbocycles. The molecule has 0 radical (unpaired) electrons. The predicted octanol–water partition coefficient (Wildman–Crippen LogP) is 2.73. The number of aromatic nitrogens is 5. The molecule has 0 bridgehead atoms. The second kappa shape index (κ2) is 4.64. The summed E-state index contributed by atoms with van der Waals surface area (Å²) in [4.78, 5) is 13.1. The van der Waals surface area contributed by atoms with E-state index in [-0.39, 0.29) is 0 Å². The fourth-order valence-corrected chi connectivity index (χ4v) is 2.79. The van der Waals surface area contributed by atoms with Gasteiger partial charge in [0, 0.05) is 17.3 Å². The molecule has 4 aromatic rings. The average molecular weight is 294 g/mol. The molecule has 0 fully saturated rings. The zero-order valence-corrected chi connectivity index (χ0v) is 11.6. The Kier molecular flexibility index (Phi) is 2.65. The fourth-order valence-electron chi connectivity index (χ4n) is 2.26. The molecule has 21 heavy (non-hydrogen) atoms. The van der Waals surface area contributed by atoms with Crippen molar-refractivity contribution in [2.75, 3.05) is 5.73 Å². The zero-order chi connectivity index (χ0) is 14.2. The summed E-state index contributed by atoms with van der Waals surface area (Å²) in [6.45, 7) is 0. The maximum absolute atomic E-state index is 6.14. The molecule has 0 aliphatic rings. The molecule has 3 N–H and O–H groups in total. The molecule has 6 nitrogen and oxygen atoms in total. The van der Waals surface area contributed by atoms with Crippen LogP contribution >= 0.6 is 11.5 Å². The number of nitrogen functional groups attached to an aromatic ring is 1. The van der Waals surface area contributed by atoms with Gasteiger partial charge in [0.15, 0.2) is 5.82 Å². The van der Waals surface area contributed by atoms with Crippen LogP contribution in [0, 0.1) is 0 Å². The minimum absolute atomic E-state index is 0.448. The molecule has 0 aliphatic carbocycles. The lowest BCUT2D eigenvalue weighted by molar-refractivity contribution is 1.16. The Morgan fingerprint density at radius 2 is 1.95 bits per heavy atom. The molecule has 0 saturated heterocycles. The van der Waals surface area contributed by atoms with Crippen LogP contribution in [-0.2, 0) is 0 Å². The Hall–Kier alpha value is -2.80. The normalized spacial score (nSPS) is 11.0. The maximum Gasteiger partial charge on any atom is 0.163 e. The first-order valence-electron chi connectivity index (χ1n) is 6.30. The number of rotatable bonds is 2. The number of aromatic amines is 1. The molecule has 0 aliphatic heterocycles. The summed E-state index contributed by atoms with van der Waals surface area (Å²) in [5.74, 6) is 1.06. The number of anilines is 1. The number of H-pyrrole nitrogens is 1. The number of nitrogens with zero attached hydrogens (tertiary/aromatic N) is 4. The second-order valence-corrected chi connectivity index (χ2v) is 5.29. The Morgan fingerprint density at radius 3 is 2.71 bits per heavy atom. The van der Waals surface area contributed by atoms with Gasteiger partial charge in [0.05, 0.1) is 16.5 Å². The number of fused-ring (bicyclic) bond motifs is 1. The van der Waals surface area contributed by atoms with Crippen LogP contribution in [0.15, 0.2) is 42.7 Å². The Labute approximate surface area is 123 Å². The third-order valence-corrected chi connectivity index (χ3v) is 3.92. The third-order valence-electron chi connectivity index (χ3n) is 3.22. The van der Waals surface area contributed by atoms with Crippen LogP contribution in [0.1, 0.15) is 0 Å². The summed E-state index contributed by atoms with van der Waals surface area (Å²) < 4.78 is 3.88. The van der Waals surface area contributed by atoms with Crippen LogP contribution in [0.4, 0.5) is 5.82 Å². The van der Waals surface area contributed by atoms with Crippen molar-refractivity contribution >= 4 is 28.4 Å². The lowest BCUT2D eigenvalue weighted by atomic mass is 10.2. The minimum atomic E-state index is 0.448. The van der Waals surface area contributed by atoms with Gasteiger partial charge in [0.1, 0.15) is 11.5 Å². The average Bonchev–Trinajstić information content (AvgIpc) is 3.17. The van der Waals surface area contributed by atoms with Gasteiger partial charge < -0.3 is 10.7 Å². The molecule has 102 valence electrons. The lowest BCUT2D eigenvalue weighted by Gasteiger charge is -2.03. The van der Waals surface area contributed by atoms with Gasteiger partial charge in [0.2, 0.25) is 0 Å². The van der Waals surface area contributed by atoms with Crippen LogP contribution in [0.5, 0.6) is 0 Å². The number of nitrogens with one attached hydrogen (secondary N) is 1. The van der Waals surface area contributed by atoms with Gasteiger partial charge in [-0.3, -0.25) is 0 Å². The van der Waals surface area contributed by atoms with Gasteiger partial charge in [-0.2, -0.15) is 0 Å². The third kappa shape index (κ3) is 1.95. The smallest absolute Gasteiger partial charge is 0.163 e. The van der Waals surface area contributed by atoms with Crippen molar-refractivity contribution in [3.8, 4) is 21.8 Å². The molecule has 0 atom stereocenters. The summed E-state index contributed by atoms with van der Waals surface area (Å²) in [5, 5.41) is 4.66. The van der Waals surface area contributed by atoms with Crippen molar-refractivity contribution in [3.63, 3.8) is 0 Å². The predicted molar refractivity (Wildman–Crippen MR) is 82.6 cm³/mol. The maximum atomic E-state index is 6.14. The SMILES string of the molecule is Nc1nc(-c2ccccc2)nc2[nH]cc(-c3cnns3)c12. The van der Waals surface area contributed by atoms with E-state index in [0.29, 0.717) is 17.3 Å². The molecular weight excluding hydrogens is 284 g/mol. The quantitative estimate of drug-likeness (QED) is 0.593. The Morgan fingerprint density at radius 1 is 1.10 bits per heavy atom. The van der Waals surface area contributed by atoms with Crippen molar-refractivity contribution in [2.45, 2.75) is 0 Å². The van der Waals surface area contributed by atoms with Gasteiger partial charge >= 0.3 is 0 Å². The van der Waals surface area contributed by atoms with E-state index in [9.17, 15) is 0 Å². The molecule has 0 unspecified atom stereocenters. The first-order valence-corrected chi connectivity index (χ1v) is 7.08. The summed E-state index contributed by atoms with van der Waals surface area (Å²) in [6, 6.07) is 9.76. The molecule has 0 amide bonds. The molecule has 0 saturated carbocycles. The van der Waals surface area contributed by atoms with Gasteiger partial charge in [-0.25, -0.2) is 9.97 Å². The Balaban J connectivity index is 1.93. The molecule has 3 aromatic heterocycles. The molecule has 4 rings (SSSR count). The van der Waals surface area contributed by atoms with E-state index >= 15 is 0 Å². The van der Waals surface area contributed by atoms with E-state index < -0.39 is 0 Å². The van der Waals surface area contributed by atoms with Crippen molar-refractivity contribution in [2.24, 2.45) is 0 Å². The van der Waals surface area contributed by atoms with Gasteiger partial charge in [-0.1, -0.05) is 34.8 Å². The van der Waals surface area contributed by atoms with E-state index in [1.165, 1.54) is 11.5 Å². The van der Waals surface area contributed by atoms with Gasteiger partial charge in [0.25, 0.3) is 0 Å². The number of hydrogen-bond donors (Lipinski definition) is 2. The highest BCUT2D eigenvalue weighted by atomic mass is 32.1. The first-order chi connectivity index (χ1) is 10.3. The lowest BCUT2D eigenvalue weighted by Crippen LogP contribution is -1.97. The Bertz CT molecular complexity index is 898. The van der Waals surface area contributed by atoms with E-state index in [0.717, 1.165) is 21.4 Å². The molecule has 0 spiro atoms. The van der Waals surface area contributed by atoms with E-state index in [1.54, 1.807) is 6.20 Å². The topological polar surface area (TPSA) is 93.4 Å². The van der Waals surface area contributed by atoms with Crippen molar-refractivity contribution in [1.82, 2.24) is 24.5 Å². The summed E-state index contributed by atoms with van der Waals surface area (Å²) in [6.07, 6.45) is 3.57. The van der Waals surface area contributed by atoms with Crippen LogP contribution in [0.25, 0.3) is 32.9 Å². The van der Waals surface area contributed by atoms with Crippen LogP contribution in [0.2, 0.25) is 0 Å². The molecule has 3 heterocycles. The molecule has 7 heteroatoms. The first kappa shape index (κ1) is 12.0. The monoisotopic (exact) mass is 294 g/mol. The second-order valence-electron chi connectivity index (χ2n) is 4.51. The number of hydrogen-bond acceptors (Lipinski definition) is 6. The summed E-state index contributed by atoms with van der Waals surface area (Å²) >= 11 is 1.31. The highest BCUT2D eigenvalue weighted by molar-refractivity contribution is 7.09. The van der Waals surface area contributed by atoms with Crippen molar-refractivity contribution in [3.05, 3.63) is 42.7 Å². The minimum Gasteiger partial charge on any atom is -0.383 e. The van der Waals surface area contributed by atoms with Crippen molar-refractivity contribution < 1.29 is 0 Å². The van der Waals surface area contributed by atoms with E-state index in [2.05, 4.69) is 24.5 Å². The van der Waals surface area contributed by atoms with Crippen LogP contribution in [-0.4, -0.2) is 24.5 Å². The molecular formula is C14H10N6S. The van der Waals surface area contributed by atoms with Gasteiger partial charge in [-0.15, -0.1) is 5.10 Å². The van der Waals surface area contributed by atoms with Gasteiger partial charge in [-0.05, 0) is 11.5 Å².